The van der Waals surface area contributed by atoms with E-state index < -0.39 is 0 Å². The van der Waals surface area contributed by atoms with E-state index in [-0.39, 0.29) is 0 Å². The van der Waals surface area contributed by atoms with Crippen molar-refractivity contribution in [2.24, 2.45) is 34.4 Å². The predicted molar refractivity (Wildman–Crippen MR) is 63.2 cm³/mol. The number of aliphatic imine (C=N–C) groups is 1. The van der Waals surface area contributed by atoms with Gasteiger partial charge < -0.3 is 5.73 Å². The normalized spacial score (nSPS) is 48.6. The third-order valence-electron chi connectivity index (χ3n) is 4.63. The molecule has 0 spiro atoms. The van der Waals surface area contributed by atoms with Gasteiger partial charge in [-0.25, -0.2) is 0 Å². The standard InChI is InChI=1S/C12H19ClN2/c13-6-11(14)15-12-9-2-7-1-8(4-9)5-10(12)3-7/h7-10,12H,1-6H2,(H2,14,15). The number of hydrogen-bond donors (Lipinski definition) is 1. The Morgan fingerprint density at radius 1 is 1.07 bits per heavy atom. The van der Waals surface area contributed by atoms with Crippen LogP contribution in [0.2, 0.25) is 0 Å². The molecule has 0 heterocycles. The van der Waals surface area contributed by atoms with Crippen molar-refractivity contribution >= 4 is 17.4 Å². The third-order valence-corrected chi connectivity index (χ3v) is 4.90. The van der Waals surface area contributed by atoms with Gasteiger partial charge in [0, 0.05) is 0 Å². The van der Waals surface area contributed by atoms with Crippen LogP contribution in [0.15, 0.2) is 4.99 Å². The summed E-state index contributed by atoms with van der Waals surface area (Å²) in [6.45, 7) is 0. The average Bonchev–Trinajstić information content (AvgIpc) is 2.22. The molecule has 0 radical (unpaired) electrons. The van der Waals surface area contributed by atoms with Crippen LogP contribution in [0.3, 0.4) is 0 Å². The van der Waals surface area contributed by atoms with Crippen LogP contribution in [0.5, 0.6) is 0 Å². The van der Waals surface area contributed by atoms with Crippen LogP contribution >= 0.6 is 11.6 Å². The van der Waals surface area contributed by atoms with Gasteiger partial charge in [-0.2, -0.15) is 0 Å². The fourth-order valence-corrected chi connectivity index (χ4v) is 4.40. The Balaban J connectivity index is 1.80. The number of nitrogens with two attached hydrogens (primary N) is 1. The number of alkyl halides is 1. The Bertz CT molecular complexity index is 259. The van der Waals surface area contributed by atoms with Crippen LogP contribution in [0.4, 0.5) is 0 Å². The summed E-state index contributed by atoms with van der Waals surface area (Å²) in [5.41, 5.74) is 5.77. The van der Waals surface area contributed by atoms with Crippen molar-refractivity contribution in [2.45, 2.75) is 38.1 Å². The molecule has 0 aromatic carbocycles. The van der Waals surface area contributed by atoms with Gasteiger partial charge in [-0.05, 0) is 55.8 Å². The van der Waals surface area contributed by atoms with E-state index in [1.165, 1.54) is 32.1 Å². The first-order chi connectivity index (χ1) is 7.26. The molecule has 0 aromatic rings. The van der Waals surface area contributed by atoms with Crippen LogP contribution in [0.1, 0.15) is 32.1 Å². The summed E-state index contributed by atoms with van der Waals surface area (Å²) in [5.74, 6) is 4.70. The van der Waals surface area contributed by atoms with Crippen molar-refractivity contribution in [3.05, 3.63) is 0 Å². The maximum absolute atomic E-state index is 5.77. The van der Waals surface area contributed by atoms with Crippen molar-refractivity contribution in [1.29, 1.82) is 0 Å². The molecule has 3 heteroatoms. The van der Waals surface area contributed by atoms with E-state index in [9.17, 15) is 0 Å². The quantitative estimate of drug-likeness (QED) is 0.438. The Kier molecular flexibility index (Phi) is 2.42. The van der Waals surface area contributed by atoms with E-state index in [1.54, 1.807) is 0 Å². The molecule has 4 aliphatic carbocycles. The molecule has 0 amide bonds. The van der Waals surface area contributed by atoms with E-state index in [4.69, 9.17) is 17.3 Å². The fourth-order valence-electron chi connectivity index (χ4n) is 4.33. The maximum Gasteiger partial charge on any atom is 0.109 e. The second-order valence-corrected chi connectivity index (χ2v) is 5.94. The van der Waals surface area contributed by atoms with Gasteiger partial charge in [0.2, 0.25) is 0 Å². The first-order valence-electron chi connectivity index (χ1n) is 6.14. The van der Waals surface area contributed by atoms with E-state index in [1.807, 2.05) is 0 Å². The number of nitrogens with zero attached hydrogens (tertiary/aromatic N) is 1. The van der Waals surface area contributed by atoms with Crippen LogP contribution in [-0.4, -0.2) is 17.8 Å². The molecule has 0 saturated heterocycles. The summed E-state index contributed by atoms with van der Waals surface area (Å²) in [4.78, 5) is 4.66. The minimum atomic E-state index is 0.392. The van der Waals surface area contributed by atoms with Crippen LogP contribution in [0.25, 0.3) is 0 Å². The zero-order valence-electron chi connectivity index (χ0n) is 9.03. The molecule has 0 aliphatic heterocycles. The number of halogens is 1. The lowest BCUT2D eigenvalue weighted by atomic mass is 9.54. The van der Waals surface area contributed by atoms with Crippen molar-refractivity contribution in [3.63, 3.8) is 0 Å². The summed E-state index contributed by atoms with van der Waals surface area (Å²) < 4.78 is 0. The number of hydrogen-bond acceptors (Lipinski definition) is 1. The molecule has 0 unspecified atom stereocenters. The fraction of sp³-hybridized carbons (Fsp3) is 0.917. The molecule has 2 nitrogen and oxygen atoms in total. The molecule has 84 valence electrons. The van der Waals surface area contributed by atoms with Gasteiger partial charge in [-0.3, -0.25) is 4.99 Å². The molecular formula is C12H19ClN2. The second-order valence-electron chi connectivity index (χ2n) is 5.68. The molecule has 4 aliphatic rings. The summed E-state index contributed by atoms with van der Waals surface area (Å²) in [5, 5.41) is 0. The smallest absolute Gasteiger partial charge is 0.109 e. The summed E-state index contributed by atoms with van der Waals surface area (Å²) in [7, 11) is 0. The lowest BCUT2D eigenvalue weighted by Crippen LogP contribution is -2.48. The molecule has 4 saturated carbocycles. The number of rotatable bonds is 2. The van der Waals surface area contributed by atoms with Crippen LogP contribution < -0.4 is 5.73 Å². The zero-order valence-corrected chi connectivity index (χ0v) is 9.79. The molecule has 0 atom stereocenters. The highest BCUT2D eigenvalue weighted by Crippen LogP contribution is 2.54. The summed E-state index contributed by atoms with van der Waals surface area (Å²) >= 11 is 5.71. The van der Waals surface area contributed by atoms with Crippen molar-refractivity contribution in [1.82, 2.24) is 0 Å². The highest BCUT2D eigenvalue weighted by molar-refractivity contribution is 6.27. The first kappa shape index (κ1) is 9.95. The second kappa shape index (κ2) is 3.65. The monoisotopic (exact) mass is 226 g/mol. The Morgan fingerprint density at radius 2 is 1.60 bits per heavy atom. The predicted octanol–water partition coefficient (Wildman–Crippen LogP) is 2.41. The highest BCUT2D eigenvalue weighted by atomic mass is 35.5. The van der Waals surface area contributed by atoms with Gasteiger partial charge in [0.05, 0.1) is 11.9 Å². The van der Waals surface area contributed by atoms with Gasteiger partial charge in [0.25, 0.3) is 0 Å². The van der Waals surface area contributed by atoms with E-state index in [2.05, 4.69) is 4.99 Å². The largest absolute Gasteiger partial charge is 0.386 e. The summed E-state index contributed by atoms with van der Waals surface area (Å²) in [6.07, 6.45) is 7.09. The molecule has 4 rings (SSSR count). The Morgan fingerprint density at radius 3 is 2.07 bits per heavy atom. The molecule has 0 aromatic heterocycles. The van der Waals surface area contributed by atoms with Gasteiger partial charge in [-0.1, -0.05) is 0 Å². The highest BCUT2D eigenvalue weighted by Gasteiger charge is 2.48. The van der Waals surface area contributed by atoms with E-state index in [0.717, 1.165) is 23.7 Å². The van der Waals surface area contributed by atoms with Gasteiger partial charge in [-0.15, -0.1) is 11.6 Å². The molecule has 2 N–H and O–H groups in total. The minimum absolute atomic E-state index is 0.392. The minimum Gasteiger partial charge on any atom is -0.386 e. The van der Waals surface area contributed by atoms with E-state index in [0.29, 0.717) is 17.8 Å². The molecule has 15 heavy (non-hydrogen) atoms. The molecule has 4 bridgehead atoms. The van der Waals surface area contributed by atoms with Gasteiger partial charge in [0.15, 0.2) is 0 Å². The van der Waals surface area contributed by atoms with Gasteiger partial charge in [0.1, 0.15) is 5.84 Å². The van der Waals surface area contributed by atoms with Crippen molar-refractivity contribution < 1.29 is 0 Å². The van der Waals surface area contributed by atoms with Gasteiger partial charge >= 0.3 is 0 Å². The first-order valence-corrected chi connectivity index (χ1v) is 6.67. The number of amidine groups is 1. The SMILES string of the molecule is NC(CCl)=NC1C2CC3CC(C2)CC1C3. The molecule has 4 fully saturated rings. The van der Waals surface area contributed by atoms with E-state index >= 15 is 0 Å². The summed E-state index contributed by atoms with van der Waals surface area (Å²) in [6, 6.07) is 0.511. The lowest BCUT2D eigenvalue weighted by Gasteiger charge is -2.53. The van der Waals surface area contributed by atoms with Crippen molar-refractivity contribution in [3.8, 4) is 0 Å². The van der Waals surface area contributed by atoms with Crippen LogP contribution in [0, 0.1) is 23.7 Å². The lowest BCUT2D eigenvalue weighted by molar-refractivity contribution is 0.00123. The third kappa shape index (κ3) is 1.67. The zero-order chi connectivity index (χ0) is 10.4. The van der Waals surface area contributed by atoms with Crippen LogP contribution in [-0.2, 0) is 0 Å². The molecular weight excluding hydrogens is 208 g/mol. The van der Waals surface area contributed by atoms with Crippen molar-refractivity contribution in [2.75, 3.05) is 5.88 Å². The Hall–Kier alpha value is -0.240. The topological polar surface area (TPSA) is 38.4 Å². The maximum atomic E-state index is 5.77. The Labute approximate surface area is 96.3 Å². The average molecular weight is 227 g/mol.